The molecule has 0 bridgehead atoms. The summed E-state index contributed by atoms with van der Waals surface area (Å²) in [4.78, 5) is 13.1. The number of nitriles is 1. The lowest BCUT2D eigenvalue weighted by Gasteiger charge is -2.38. The van der Waals surface area contributed by atoms with Gasteiger partial charge in [0.15, 0.2) is 0 Å². The van der Waals surface area contributed by atoms with Crippen LogP contribution in [0.25, 0.3) is 0 Å². The third-order valence-electron chi connectivity index (χ3n) is 4.78. The van der Waals surface area contributed by atoms with Crippen LogP contribution in [0.15, 0.2) is 18.2 Å². The second kappa shape index (κ2) is 9.59. The zero-order valence-corrected chi connectivity index (χ0v) is 16.1. The molecule has 1 amide bonds. The van der Waals surface area contributed by atoms with Crippen LogP contribution >= 0.6 is 0 Å². The Hall–Kier alpha value is -2.06. The fraction of sp³-hybridized carbons (Fsp3) is 0.619. The summed E-state index contributed by atoms with van der Waals surface area (Å²) in [6.07, 6.45) is 5.32. The first-order valence-corrected chi connectivity index (χ1v) is 9.67. The fourth-order valence-electron chi connectivity index (χ4n) is 3.47. The molecule has 26 heavy (non-hydrogen) atoms. The number of carbonyl (C=O) groups is 1. The lowest BCUT2D eigenvalue weighted by atomic mass is 9.78. The van der Waals surface area contributed by atoms with Crippen LogP contribution in [-0.4, -0.2) is 24.7 Å². The number of nitrogens with one attached hydrogen (secondary N) is 1. The predicted octanol–water partition coefficient (Wildman–Crippen LogP) is 4.66. The molecule has 0 aromatic heterocycles. The van der Waals surface area contributed by atoms with Gasteiger partial charge in [0, 0.05) is 6.61 Å². The van der Waals surface area contributed by atoms with Crippen molar-refractivity contribution in [3.63, 3.8) is 0 Å². The third kappa shape index (κ3) is 4.98. The molecule has 5 nitrogen and oxygen atoms in total. The van der Waals surface area contributed by atoms with Gasteiger partial charge in [-0.15, -0.1) is 0 Å². The van der Waals surface area contributed by atoms with Crippen molar-refractivity contribution in [3.05, 3.63) is 23.8 Å². The van der Waals surface area contributed by atoms with Crippen LogP contribution < -0.4 is 10.1 Å². The molecule has 0 unspecified atom stereocenters. The number of carbonyl (C=O) groups excluding carboxylic acids is 1. The van der Waals surface area contributed by atoms with Gasteiger partial charge in [-0.1, -0.05) is 27.2 Å². The first kappa shape index (κ1) is 20.3. The lowest BCUT2D eigenvalue weighted by Crippen LogP contribution is -2.48. The van der Waals surface area contributed by atoms with Gasteiger partial charge in [0.1, 0.15) is 17.4 Å². The Balaban J connectivity index is 2.19. The van der Waals surface area contributed by atoms with E-state index in [0.29, 0.717) is 36.1 Å². The van der Waals surface area contributed by atoms with Crippen LogP contribution in [0.4, 0.5) is 5.69 Å². The maximum Gasteiger partial charge on any atom is 0.256 e. The van der Waals surface area contributed by atoms with Gasteiger partial charge in [-0.25, -0.2) is 0 Å². The van der Waals surface area contributed by atoms with E-state index in [2.05, 4.69) is 18.3 Å². The first-order chi connectivity index (χ1) is 12.5. The highest BCUT2D eigenvalue weighted by Gasteiger charge is 2.42. The topological polar surface area (TPSA) is 71.3 Å². The van der Waals surface area contributed by atoms with E-state index < -0.39 is 5.60 Å². The van der Waals surface area contributed by atoms with Crippen LogP contribution in [0, 0.1) is 17.2 Å². The molecule has 1 aliphatic rings. The Kier molecular flexibility index (Phi) is 7.47. The molecule has 1 saturated carbocycles. The molecule has 142 valence electrons. The average molecular weight is 358 g/mol. The minimum absolute atomic E-state index is 0.142. The fourth-order valence-corrected chi connectivity index (χ4v) is 3.47. The number of nitrogens with zero attached hydrogens (tertiary/aromatic N) is 1. The van der Waals surface area contributed by atoms with E-state index in [1.807, 2.05) is 13.8 Å². The van der Waals surface area contributed by atoms with Gasteiger partial charge < -0.3 is 14.8 Å². The summed E-state index contributed by atoms with van der Waals surface area (Å²) in [6, 6.07) is 7.35. The number of amides is 1. The number of anilines is 1. The van der Waals surface area contributed by atoms with E-state index in [-0.39, 0.29) is 5.91 Å². The Labute approximate surface area is 156 Å². The molecular formula is C21H30N2O3. The van der Waals surface area contributed by atoms with E-state index in [4.69, 9.17) is 9.47 Å². The number of benzene rings is 1. The van der Waals surface area contributed by atoms with Gasteiger partial charge in [0.25, 0.3) is 5.91 Å². The molecule has 1 fully saturated rings. The Bertz CT molecular complexity index is 653. The van der Waals surface area contributed by atoms with Crippen LogP contribution in [-0.2, 0) is 9.53 Å². The molecule has 0 radical (unpaired) electrons. The van der Waals surface area contributed by atoms with Crippen LogP contribution in [0.3, 0.4) is 0 Å². The minimum Gasteiger partial charge on any atom is -0.494 e. The zero-order chi connectivity index (χ0) is 19.0. The quantitative estimate of drug-likeness (QED) is 0.733. The van der Waals surface area contributed by atoms with Crippen molar-refractivity contribution in [2.45, 2.75) is 64.9 Å². The minimum atomic E-state index is -0.794. The molecule has 1 N–H and O–H groups in total. The first-order valence-electron chi connectivity index (χ1n) is 9.67. The summed E-state index contributed by atoms with van der Waals surface area (Å²) in [6.45, 7) is 7.40. The van der Waals surface area contributed by atoms with Crippen molar-refractivity contribution in [3.8, 4) is 11.8 Å². The lowest BCUT2D eigenvalue weighted by molar-refractivity contribution is -0.148. The molecule has 1 aromatic rings. The van der Waals surface area contributed by atoms with Crippen LogP contribution in [0.2, 0.25) is 0 Å². The number of hydrogen-bond donors (Lipinski definition) is 1. The third-order valence-corrected chi connectivity index (χ3v) is 4.78. The van der Waals surface area contributed by atoms with Gasteiger partial charge in [-0.05, 0) is 56.2 Å². The van der Waals surface area contributed by atoms with Gasteiger partial charge in [0.2, 0.25) is 0 Å². The molecular weight excluding hydrogens is 328 g/mol. The molecule has 0 saturated heterocycles. The molecule has 1 aromatic carbocycles. The van der Waals surface area contributed by atoms with E-state index in [9.17, 15) is 10.1 Å². The summed E-state index contributed by atoms with van der Waals surface area (Å²) in [7, 11) is 0. The van der Waals surface area contributed by atoms with E-state index in [1.54, 1.807) is 18.2 Å². The van der Waals surface area contributed by atoms with Crippen molar-refractivity contribution >= 4 is 11.6 Å². The number of ether oxygens (including phenoxy) is 2. The number of hydrogen-bond acceptors (Lipinski definition) is 4. The molecule has 2 atom stereocenters. The van der Waals surface area contributed by atoms with Crippen molar-refractivity contribution < 1.29 is 14.3 Å². The highest BCUT2D eigenvalue weighted by molar-refractivity contribution is 5.98. The van der Waals surface area contributed by atoms with Crippen molar-refractivity contribution in [2.75, 3.05) is 18.5 Å². The highest BCUT2D eigenvalue weighted by Crippen LogP contribution is 2.37. The van der Waals surface area contributed by atoms with E-state index in [0.717, 1.165) is 38.5 Å². The maximum absolute atomic E-state index is 13.1. The molecule has 5 heteroatoms. The molecule has 2 rings (SSSR count). The van der Waals surface area contributed by atoms with Crippen LogP contribution in [0.1, 0.15) is 64.9 Å². The SMILES string of the molecule is CCCOc1ccc(NC(=O)[C@]2(OCCC)CCC[C@@H](C)C2)c(C#N)c1. The zero-order valence-electron chi connectivity index (χ0n) is 16.1. The molecule has 1 aliphatic carbocycles. The summed E-state index contributed by atoms with van der Waals surface area (Å²) in [5, 5.41) is 12.4. The normalized spacial score (nSPS) is 22.5. The van der Waals surface area contributed by atoms with Gasteiger partial charge in [-0.2, -0.15) is 5.26 Å². The Morgan fingerprint density at radius 2 is 2.12 bits per heavy atom. The van der Waals surface area contributed by atoms with Gasteiger partial charge in [0.05, 0.1) is 17.9 Å². The van der Waals surface area contributed by atoms with E-state index >= 15 is 0 Å². The summed E-state index contributed by atoms with van der Waals surface area (Å²) in [5.41, 5.74) is 0.123. The Morgan fingerprint density at radius 1 is 1.35 bits per heavy atom. The molecule has 0 aliphatic heterocycles. The smallest absolute Gasteiger partial charge is 0.256 e. The van der Waals surface area contributed by atoms with Gasteiger partial charge in [-0.3, -0.25) is 4.79 Å². The van der Waals surface area contributed by atoms with E-state index in [1.165, 1.54) is 0 Å². The van der Waals surface area contributed by atoms with Gasteiger partial charge >= 0.3 is 0 Å². The van der Waals surface area contributed by atoms with Crippen molar-refractivity contribution in [1.29, 1.82) is 5.26 Å². The Morgan fingerprint density at radius 3 is 2.77 bits per heavy atom. The van der Waals surface area contributed by atoms with Crippen molar-refractivity contribution in [2.24, 2.45) is 5.92 Å². The maximum atomic E-state index is 13.1. The summed E-state index contributed by atoms with van der Waals surface area (Å²) in [5.74, 6) is 0.951. The highest BCUT2D eigenvalue weighted by atomic mass is 16.5. The number of rotatable bonds is 8. The monoisotopic (exact) mass is 358 g/mol. The summed E-state index contributed by atoms with van der Waals surface area (Å²) >= 11 is 0. The largest absolute Gasteiger partial charge is 0.494 e. The predicted molar refractivity (Wildman–Crippen MR) is 102 cm³/mol. The second-order valence-corrected chi connectivity index (χ2v) is 7.17. The van der Waals surface area contributed by atoms with Crippen molar-refractivity contribution in [1.82, 2.24) is 0 Å². The second-order valence-electron chi connectivity index (χ2n) is 7.17. The molecule has 0 heterocycles. The van der Waals surface area contributed by atoms with Crippen LogP contribution in [0.5, 0.6) is 5.75 Å². The standard InChI is InChI=1S/C21H30N2O3/c1-4-11-25-18-8-9-19(17(13-18)15-22)23-20(24)21(26-12-5-2)10-6-7-16(3)14-21/h8-9,13,16H,4-7,10-12,14H2,1-3H3,(H,23,24)/t16-,21+/m1/s1. The average Bonchev–Trinajstić information content (AvgIpc) is 2.65. The molecule has 0 spiro atoms. The summed E-state index contributed by atoms with van der Waals surface area (Å²) < 4.78 is 11.6.